The minimum Gasteiger partial charge on any atom is -0.353 e. The molecule has 0 saturated carbocycles. The summed E-state index contributed by atoms with van der Waals surface area (Å²) in [6, 6.07) is 0.165. The van der Waals surface area contributed by atoms with Gasteiger partial charge in [-0.1, -0.05) is 0 Å². The van der Waals surface area contributed by atoms with Gasteiger partial charge in [0, 0.05) is 44.6 Å². The minimum absolute atomic E-state index is 0.0213. The highest BCUT2D eigenvalue weighted by molar-refractivity contribution is 5.89. The Morgan fingerprint density at radius 1 is 1.18 bits per heavy atom. The molecule has 22 heavy (non-hydrogen) atoms. The number of nitrogens with zero attached hydrogens (tertiary/aromatic N) is 2. The summed E-state index contributed by atoms with van der Waals surface area (Å²) in [6.07, 6.45) is 1.89. The topological polar surface area (TPSA) is 69.7 Å². The molecule has 124 valence electrons. The normalized spacial score (nSPS) is 23.8. The molecule has 0 aromatic heterocycles. The zero-order chi connectivity index (χ0) is 16.5. The average molecular weight is 309 g/mol. The second-order valence-electron chi connectivity index (χ2n) is 7.38. The Kier molecular flexibility index (Phi) is 4.78. The van der Waals surface area contributed by atoms with Gasteiger partial charge in [0.15, 0.2) is 0 Å². The van der Waals surface area contributed by atoms with Crippen LogP contribution in [-0.2, 0) is 14.4 Å². The van der Waals surface area contributed by atoms with Crippen molar-refractivity contribution in [3.05, 3.63) is 0 Å². The maximum absolute atomic E-state index is 12.6. The molecule has 1 N–H and O–H groups in total. The van der Waals surface area contributed by atoms with E-state index < -0.39 is 0 Å². The summed E-state index contributed by atoms with van der Waals surface area (Å²) in [7, 11) is 0. The standard InChI is InChI=1S/C16H27N3O3/c1-11(20)17-13-5-7-18(8-6-13)15(22)12-9-14(21)19(10-12)16(2,3)4/h12-13H,5-10H2,1-4H3,(H,17,20). The molecule has 6 heteroatoms. The summed E-state index contributed by atoms with van der Waals surface area (Å²) in [5.41, 5.74) is -0.232. The SMILES string of the molecule is CC(=O)NC1CCN(C(=O)C2CC(=O)N(C(C)(C)C)C2)CC1. The summed E-state index contributed by atoms with van der Waals surface area (Å²) in [5.74, 6) is -0.0867. The Morgan fingerprint density at radius 2 is 1.77 bits per heavy atom. The molecule has 0 aromatic carbocycles. The van der Waals surface area contributed by atoms with Gasteiger partial charge >= 0.3 is 0 Å². The van der Waals surface area contributed by atoms with E-state index in [0.29, 0.717) is 26.1 Å². The zero-order valence-electron chi connectivity index (χ0n) is 14.0. The first-order valence-corrected chi connectivity index (χ1v) is 8.05. The number of rotatable bonds is 2. The molecule has 2 saturated heterocycles. The van der Waals surface area contributed by atoms with Crippen molar-refractivity contribution in [3.8, 4) is 0 Å². The number of piperidine rings is 1. The van der Waals surface area contributed by atoms with Crippen LogP contribution in [0.1, 0.15) is 47.0 Å². The molecule has 2 heterocycles. The number of amides is 3. The molecule has 0 spiro atoms. The number of carbonyl (C=O) groups excluding carboxylic acids is 3. The van der Waals surface area contributed by atoms with E-state index in [4.69, 9.17) is 0 Å². The van der Waals surface area contributed by atoms with Gasteiger partial charge in [-0.25, -0.2) is 0 Å². The predicted octanol–water partition coefficient (Wildman–Crippen LogP) is 0.760. The van der Waals surface area contributed by atoms with Crippen molar-refractivity contribution in [1.82, 2.24) is 15.1 Å². The van der Waals surface area contributed by atoms with Gasteiger partial charge in [0.1, 0.15) is 0 Å². The Balaban J connectivity index is 1.89. The van der Waals surface area contributed by atoms with Gasteiger partial charge in [-0.3, -0.25) is 14.4 Å². The van der Waals surface area contributed by atoms with Gasteiger partial charge in [0.2, 0.25) is 17.7 Å². The number of hydrogen-bond acceptors (Lipinski definition) is 3. The van der Waals surface area contributed by atoms with E-state index >= 15 is 0 Å². The Hall–Kier alpha value is -1.59. The first-order chi connectivity index (χ1) is 10.2. The van der Waals surface area contributed by atoms with Crippen LogP contribution in [0.25, 0.3) is 0 Å². The van der Waals surface area contributed by atoms with Gasteiger partial charge in [-0.2, -0.15) is 0 Å². The highest BCUT2D eigenvalue weighted by Crippen LogP contribution is 2.27. The number of hydrogen-bond donors (Lipinski definition) is 1. The van der Waals surface area contributed by atoms with E-state index in [1.165, 1.54) is 6.92 Å². The van der Waals surface area contributed by atoms with Crippen LogP contribution in [0.5, 0.6) is 0 Å². The molecule has 2 fully saturated rings. The third-order valence-electron chi connectivity index (χ3n) is 4.50. The van der Waals surface area contributed by atoms with E-state index in [9.17, 15) is 14.4 Å². The van der Waals surface area contributed by atoms with Gasteiger partial charge in [-0.05, 0) is 33.6 Å². The van der Waals surface area contributed by atoms with Crippen LogP contribution in [0.3, 0.4) is 0 Å². The third kappa shape index (κ3) is 3.78. The smallest absolute Gasteiger partial charge is 0.227 e. The Bertz CT molecular complexity index is 462. The first kappa shape index (κ1) is 16.8. The van der Waals surface area contributed by atoms with Crippen molar-refractivity contribution < 1.29 is 14.4 Å². The largest absolute Gasteiger partial charge is 0.353 e. The van der Waals surface area contributed by atoms with E-state index in [1.807, 2.05) is 25.7 Å². The zero-order valence-corrected chi connectivity index (χ0v) is 14.0. The molecule has 0 aromatic rings. The van der Waals surface area contributed by atoms with Crippen LogP contribution >= 0.6 is 0 Å². The van der Waals surface area contributed by atoms with E-state index in [0.717, 1.165) is 12.8 Å². The number of carbonyl (C=O) groups is 3. The molecule has 1 unspecified atom stereocenters. The summed E-state index contributed by atoms with van der Waals surface area (Å²) < 4.78 is 0. The molecule has 2 aliphatic heterocycles. The summed E-state index contributed by atoms with van der Waals surface area (Å²) >= 11 is 0. The van der Waals surface area contributed by atoms with Crippen LogP contribution < -0.4 is 5.32 Å². The molecule has 1 atom stereocenters. The molecular formula is C16H27N3O3. The number of nitrogens with one attached hydrogen (secondary N) is 1. The van der Waals surface area contributed by atoms with Crippen molar-refractivity contribution in [1.29, 1.82) is 0 Å². The van der Waals surface area contributed by atoms with Gasteiger partial charge in [0.25, 0.3) is 0 Å². The van der Waals surface area contributed by atoms with Crippen LogP contribution in [0.4, 0.5) is 0 Å². The van der Waals surface area contributed by atoms with E-state index in [2.05, 4.69) is 5.32 Å². The molecular weight excluding hydrogens is 282 g/mol. The molecule has 3 amide bonds. The average Bonchev–Trinajstić information content (AvgIpc) is 2.80. The van der Waals surface area contributed by atoms with E-state index in [-0.39, 0.29) is 35.2 Å². The highest BCUT2D eigenvalue weighted by Gasteiger charge is 2.41. The first-order valence-electron chi connectivity index (χ1n) is 8.05. The van der Waals surface area contributed by atoms with Crippen molar-refractivity contribution in [2.24, 2.45) is 5.92 Å². The summed E-state index contributed by atoms with van der Waals surface area (Å²) in [6.45, 7) is 9.34. The molecule has 2 rings (SSSR count). The highest BCUT2D eigenvalue weighted by atomic mass is 16.2. The lowest BCUT2D eigenvalue weighted by molar-refractivity contribution is -0.137. The van der Waals surface area contributed by atoms with Gasteiger partial charge < -0.3 is 15.1 Å². The van der Waals surface area contributed by atoms with Crippen LogP contribution in [-0.4, -0.2) is 58.7 Å². The van der Waals surface area contributed by atoms with Gasteiger partial charge in [-0.15, -0.1) is 0 Å². The van der Waals surface area contributed by atoms with Crippen molar-refractivity contribution in [2.45, 2.75) is 58.5 Å². The maximum Gasteiger partial charge on any atom is 0.227 e. The second-order valence-corrected chi connectivity index (χ2v) is 7.38. The fourth-order valence-corrected chi connectivity index (χ4v) is 3.31. The summed E-state index contributed by atoms with van der Waals surface area (Å²) in [4.78, 5) is 39.4. The van der Waals surface area contributed by atoms with Crippen LogP contribution in [0.2, 0.25) is 0 Å². The molecule has 0 aliphatic carbocycles. The lowest BCUT2D eigenvalue weighted by Gasteiger charge is -2.34. The van der Waals surface area contributed by atoms with Crippen molar-refractivity contribution in [3.63, 3.8) is 0 Å². The van der Waals surface area contributed by atoms with Crippen LogP contribution in [0, 0.1) is 5.92 Å². The minimum atomic E-state index is -0.232. The lowest BCUT2D eigenvalue weighted by Crippen LogP contribution is -2.48. The van der Waals surface area contributed by atoms with E-state index in [1.54, 1.807) is 4.90 Å². The second kappa shape index (κ2) is 6.26. The molecule has 2 aliphatic rings. The Labute approximate surface area is 132 Å². The monoisotopic (exact) mass is 309 g/mol. The molecule has 6 nitrogen and oxygen atoms in total. The number of likely N-dealkylation sites (tertiary alicyclic amines) is 2. The molecule has 0 radical (unpaired) electrons. The summed E-state index contributed by atoms with van der Waals surface area (Å²) in [5, 5.41) is 2.91. The lowest BCUT2D eigenvalue weighted by atomic mass is 10.0. The van der Waals surface area contributed by atoms with Crippen molar-refractivity contribution in [2.75, 3.05) is 19.6 Å². The fraction of sp³-hybridized carbons (Fsp3) is 0.812. The maximum atomic E-state index is 12.6. The third-order valence-corrected chi connectivity index (χ3v) is 4.50. The van der Waals surface area contributed by atoms with Crippen LogP contribution in [0.15, 0.2) is 0 Å². The van der Waals surface area contributed by atoms with Gasteiger partial charge in [0.05, 0.1) is 5.92 Å². The quantitative estimate of drug-likeness (QED) is 0.819. The predicted molar refractivity (Wildman–Crippen MR) is 83.0 cm³/mol. The Morgan fingerprint density at radius 3 is 2.23 bits per heavy atom. The van der Waals surface area contributed by atoms with Crippen molar-refractivity contribution >= 4 is 17.7 Å². The molecule has 0 bridgehead atoms. The fourth-order valence-electron chi connectivity index (χ4n) is 3.31.